The van der Waals surface area contributed by atoms with Crippen molar-refractivity contribution in [3.63, 3.8) is 0 Å². The molecular formula is C24H20N2O4. The molecule has 4 aromatic rings. The number of hydrogen-bond acceptors (Lipinski definition) is 5. The van der Waals surface area contributed by atoms with Crippen LogP contribution in [0.4, 0.5) is 0 Å². The fraction of sp³-hybridized carbons (Fsp3) is 0.125. The highest BCUT2D eigenvalue weighted by Crippen LogP contribution is 2.21. The lowest BCUT2D eigenvalue weighted by atomic mass is 10.1. The third-order valence-electron chi connectivity index (χ3n) is 4.79. The number of hydrogen-bond donors (Lipinski definition) is 0. The molecule has 0 radical (unpaired) electrons. The van der Waals surface area contributed by atoms with E-state index in [4.69, 9.17) is 9.47 Å². The van der Waals surface area contributed by atoms with Crippen LogP contribution in [-0.4, -0.2) is 29.2 Å². The minimum absolute atomic E-state index is 0.197. The van der Waals surface area contributed by atoms with Gasteiger partial charge in [0.1, 0.15) is 5.75 Å². The molecule has 2 aromatic heterocycles. The van der Waals surface area contributed by atoms with Crippen molar-refractivity contribution < 1.29 is 14.3 Å². The van der Waals surface area contributed by atoms with Crippen LogP contribution in [0.5, 0.6) is 5.75 Å². The fourth-order valence-electron chi connectivity index (χ4n) is 3.28. The number of fused-ring (bicyclic) bond motifs is 1. The van der Waals surface area contributed by atoms with Gasteiger partial charge in [-0.1, -0.05) is 30.3 Å². The molecule has 6 heteroatoms. The van der Waals surface area contributed by atoms with E-state index >= 15 is 0 Å². The molecule has 0 spiro atoms. The van der Waals surface area contributed by atoms with Gasteiger partial charge in [-0.2, -0.15) is 0 Å². The topological polar surface area (TPSA) is 70.4 Å². The molecule has 0 saturated carbocycles. The molecule has 4 rings (SSSR count). The predicted octanol–water partition coefficient (Wildman–Crippen LogP) is 3.79. The van der Waals surface area contributed by atoms with E-state index in [-0.39, 0.29) is 12.2 Å². The Morgan fingerprint density at radius 2 is 1.80 bits per heavy atom. The van der Waals surface area contributed by atoms with Crippen LogP contribution < -0.4 is 10.3 Å². The number of pyridine rings is 2. The Hall–Kier alpha value is -3.93. The second kappa shape index (κ2) is 8.61. The Bertz CT molecular complexity index is 1250. The standard InChI is InChI=1S/C24H20N2O4/c1-29-19-9-6-8-18(15-19)26-16-22(20-10-2-3-11-21(20)23(26)27)24(28)30-14-12-17-7-4-5-13-25-17/h2-11,13,15-16H,12,14H2,1H3. The van der Waals surface area contributed by atoms with Gasteiger partial charge in [-0.25, -0.2) is 4.79 Å². The Labute approximate surface area is 173 Å². The van der Waals surface area contributed by atoms with Crippen LogP contribution in [0.2, 0.25) is 0 Å². The molecule has 30 heavy (non-hydrogen) atoms. The number of benzene rings is 2. The van der Waals surface area contributed by atoms with Crippen LogP contribution in [0.15, 0.2) is 83.9 Å². The van der Waals surface area contributed by atoms with Gasteiger partial charge < -0.3 is 9.47 Å². The zero-order valence-electron chi connectivity index (χ0n) is 16.4. The van der Waals surface area contributed by atoms with E-state index in [0.29, 0.717) is 34.2 Å². The van der Waals surface area contributed by atoms with Crippen LogP contribution in [-0.2, 0) is 11.2 Å². The zero-order chi connectivity index (χ0) is 20.9. The minimum atomic E-state index is -0.487. The Morgan fingerprint density at radius 1 is 1.00 bits per heavy atom. The smallest absolute Gasteiger partial charge is 0.340 e. The summed E-state index contributed by atoms with van der Waals surface area (Å²) in [5.41, 5.74) is 1.56. The average Bonchev–Trinajstić information content (AvgIpc) is 2.80. The molecule has 0 amide bonds. The summed E-state index contributed by atoms with van der Waals surface area (Å²) >= 11 is 0. The minimum Gasteiger partial charge on any atom is -0.497 e. The van der Waals surface area contributed by atoms with Crippen molar-refractivity contribution in [1.29, 1.82) is 0 Å². The van der Waals surface area contributed by atoms with Crippen molar-refractivity contribution in [2.75, 3.05) is 13.7 Å². The quantitative estimate of drug-likeness (QED) is 0.461. The van der Waals surface area contributed by atoms with Gasteiger partial charge in [-0.05, 0) is 30.3 Å². The molecule has 0 atom stereocenters. The van der Waals surface area contributed by atoms with Crippen LogP contribution in [0.25, 0.3) is 16.5 Å². The van der Waals surface area contributed by atoms with E-state index in [1.807, 2.05) is 18.2 Å². The summed E-state index contributed by atoms with van der Waals surface area (Å²) in [4.78, 5) is 30.2. The number of carbonyl (C=O) groups is 1. The lowest BCUT2D eigenvalue weighted by Gasteiger charge is -2.13. The molecule has 0 N–H and O–H groups in total. The van der Waals surface area contributed by atoms with E-state index < -0.39 is 5.97 Å². The largest absolute Gasteiger partial charge is 0.497 e. The highest BCUT2D eigenvalue weighted by Gasteiger charge is 2.17. The van der Waals surface area contributed by atoms with E-state index in [9.17, 15) is 9.59 Å². The van der Waals surface area contributed by atoms with Gasteiger partial charge in [0.2, 0.25) is 0 Å². The normalized spacial score (nSPS) is 10.7. The summed E-state index contributed by atoms with van der Waals surface area (Å²) in [6, 6.07) is 19.8. The first-order chi connectivity index (χ1) is 14.7. The van der Waals surface area contributed by atoms with Gasteiger partial charge >= 0.3 is 5.97 Å². The SMILES string of the molecule is COc1cccc(-n2cc(C(=O)OCCc3ccccn3)c3ccccc3c2=O)c1. The molecule has 2 aromatic carbocycles. The number of esters is 1. The molecule has 0 aliphatic rings. The van der Waals surface area contributed by atoms with Gasteiger partial charge in [0.25, 0.3) is 5.56 Å². The van der Waals surface area contributed by atoms with Crippen molar-refractivity contribution in [3.8, 4) is 11.4 Å². The molecule has 0 unspecified atom stereocenters. The van der Waals surface area contributed by atoms with Gasteiger partial charge in [0.05, 0.1) is 25.0 Å². The molecule has 2 heterocycles. The highest BCUT2D eigenvalue weighted by molar-refractivity contribution is 6.04. The first-order valence-electron chi connectivity index (χ1n) is 9.53. The van der Waals surface area contributed by atoms with E-state index in [0.717, 1.165) is 5.69 Å². The molecule has 0 saturated heterocycles. The van der Waals surface area contributed by atoms with Crippen LogP contribution in [0.3, 0.4) is 0 Å². The molecule has 0 aliphatic heterocycles. The lowest BCUT2D eigenvalue weighted by Crippen LogP contribution is -2.21. The number of methoxy groups -OCH3 is 1. The maximum Gasteiger partial charge on any atom is 0.340 e. The summed E-state index contributed by atoms with van der Waals surface area (Å²) in [6.45, 7) is 0.197. The monoisotopic (exact) mass is 400 g/mol. The summed E-state index contributed by atoms with van der Waals surface area (Å²) in [5, 5.41) is 1.00. The Kier molecular flexibility index (Phi) is 5.57. The Balaban J connectivity index is 1.70. The highest BCUT2D eigenvalue weighted by atomic mass is 16.5. The zero-order valence-corrected chi connectivity index (χ0v) is 16.4. The second-order valence-electron chi connectivity index (χ2n) is 6.67. The van der Waals surface area contributed by atoms with Gasteiger partial charge in [-0.3, -0.25) is 14.3 Å². The van der Waals surface area contributed by atoms with E-state index in [1.165, 1.54) is 10.8 Å². The first-order valence-corrected chi connectivity index (χ1v) is 9.53. The average molecular weight is 400 g/mol. The number of rotatable bonds is 6. The summed E-state index contributed by atoms with van der Waals surface area (Å²) < 4.78 is 12.2. The van der Waals surface area contributed by atoms with E-state index in [1.54, 1.807) is 61.8 Å². The molecular weight excluding hydrogens is 380 g/mol. The van der Waals surface area contributed by atoms with E-state index in [2.05, 4.69) is 4.98 Å². The van der Waals surface area contributed by atoms with Crippen molar-refractivity contribution >= 4 is 16.7 Å². The molecule has 0 fully saturated rings. The van der Waals surface area contributed by atoms with Crippen molar-refractivity contribution in [2.45, 2.75) is 6.42 Å². The summed E-state index contributed by atoms with van der Waals surface area (Å²) in [5.74, 6) is 0.130. The van der Waals surface area contributed by atoms with Crippen LogP contribution >= 0.6 is 0 Å². The van der Waals surface area contributed by atoms with Crippen molar-refractivity contribution in [1.82, 2.24) is 9.55 Å². The van der Waals surface area contributed by atoms with Gasteiger partial charge in [-0.15, -0.1) is 0 Å². The lowest BCUT2D eigenvalue weighted by molar-refractivity contribution is 0.0510. The molecule has 150 valence electrons. The summed E-state index contributed by atoms with van der Waals surface area (Å²) in [6.07, 6.45) is 3.75. The summed E-state index contributed by atoms with van der Waals surface area (Å²) in [7, 11) is 1.56. The third-order valence-corrected chi connectivity index (χ3v) is 4.79. The third kappa shape index (κ3) is 3.93. The second-order valence-corrected chi connectivity index (χ2v) is 6.67. The fourth-order valence-corrected chi connectivity index (χ4v) is 3.28. The number of nitrogens with zero attached hydrogens (tertiary/aromatic N) is 2. The van der Waals surface area contributed by atoms with Crippen molar-refractivity contribution in [3.05, 3.63) is 101 Å². The van der Waals surface area contributed by atoms with Crippen molar-refractivity contribution in [2.24, 2.45) is 0 Å². The van der Waals surface area contributed by atoms with Gasteiger partial charge in [0.15, 0.2) is 0 Å². The number of carbonyl (C=O) groups excluding carboxylic acids is 1. The first kappa shape index (κ1) is 19.4. The molecule has 0 bridgehead atoms. The van der Waals surface area contributed by atoms with Crippen LogP contribution in [0.1, 0.15) is 16.1 Å². The number of ether oxygens (including phenoxy) is 2. The number of aromatic nitrogens is 2. The maximum absolute atomic E-state index is 13.1. The molecule has 6 nitrogen and oxygen atoms in total. The maximum atomic E-state index is 13.1. The van der Waals surface area contributed by atoms with Crippen LogP contribution in [0, 0.1) is 0 Å². The van der Waals surface area contributed by atoms with Gasteiger partial charge in [0, 0.05) is 41.3 Å². The predicted molar refractivity (Wildman–Crippen MR) is 114 cm³/mol. The Morgan fingerprint density at radius 3 is 2.57 bits per heavy atom. The molecule has 0 aliphatic carbocycles.